The molecule has 0 saturated carbocycles. The Morgan fingerprint density at radius 2 is 2.22 bits per heavy atom. The van der Waals surface area contributed by atoms with Crippen molar-refractivity contribution in [3.8, 4) is 6.07 Å². The number of aliphatic imine (C=N–C) groups is 1. The number of hydrogen-bond acceptors (Lipinski definition) is 5. The van der Waals surface area contributed by atoms with Crippen molar-refractivity contribution >= 4 is 39.2 Å². The molecule has 0 saturated heterocycles. The second kappa shape index (κ2) is 9.70. The molecule has 0 unspecified atom stereocenters. The number of pyridine rings is 1. The Morgan fingerprint density at radius 1 is 1.44 bits per heavy atom. The predicted molar refractivity (Wildman–Crippen MR) is 110 cm³/mol. The summed E-state index contributed by atoms with van der Waals surface area (Å²) in [5.41, 5.74) is 7.85. The number of rotatable bonds is 7. The molecule has 1 aromatic heterocycles. The van der Waals surface area contributed by atoms with Crippen molar-refractivity contribution < 1.29 is 4.79 Å². The first-order chi connectivity index (χ1) is 13.1. The minimum atomic E-state index is -0.303. The third-order valence-electron chi connectivity index (χ3n) is 4.13. The molecule has 1 heterocycles. The molecule has 1 amide bonds. The number of para-hydroxylation sites is 1. The van der Waals surface area contributed by atoms with Gasteiger partial charge in [0.25, 0.3) is 5.91 Å². The van der Waals surface area contributed by atoms with Crippen LogP contribution in [0.5, 0.6) is 0 Å². The van der Waals surface area contributed by atoms with Crippen LogP contribution in [0.15, 0.2) is 35.5 Å². The molecule has 0 fully saturated rings. The zero-order chi connectivity index (χ0) is 19.8. The summed E-state index contributed by atoms with van der Waals surface area (Å²) in [4.78, 5) is 21.0. The number of nitrogens with one attached hydrogen (secondary N) is 1. The molecule has 7 heteroatoms. The van der Waals surface area contributed by atoms with Crippen LogP contribution in [0.1, 0.15) is 47.8 Å². The molecule has 2 aromatic rings. The van der Waals surface area contributed by atoms with Crippen molar-refractivity contribution in [2.45, 2.75) is 26.2 Å². The Kier molecular flexibility index (Phi) is 7.33. The van der Waals surface area contributed by atoms with Crippen LogP contribution in [0, 0.1) is 11.3 Å². The van der Waals surface area contributed by atoms with Crippen LogP contribution in [0.25, 0.3) is 16.5 Å². The summed E-state index contributed by atoms with van der Waals surface area (Å²) in [6.45, 7) is 2.67. The van der Waals surface area contributed by atoms with E-state index in [1.807, 2.05) is 6.07 Å². The second-order valence-electron chi connectivity index (χ2n) is 5.93. The molecule has 0 spiro atoms. The van der Waals surface area contributed by atoms with Gasteiger partial charge in [0, 0.05) is 30.8 Å². The van der Waals surface area contributed by atoms with Crippen molar-refractivity contribution in [2.75, 3.05) is 13.6 Å². The lowest BCUT2D eigenvalue weighted by Crippen LogP contribution is -2.25. The molecular formula is C20H22ClN5O. The first kappa shape index (κ1) is 20.4. The van der Waals surface area contributed by atoms with Gasteiger partial charge < -0.3 is 11.1 Å². The number of carbonyl (C=O) groups excluding carboxylic acids is 1. The van der Waals surface area contributed by atoms with Gasteiger partial charge in [0.05, 0.1) is 11.1 Å². The van der Waals surface area contributed by atoms with E-state index in [0.29, 0.717) is 34.1 Å². The maximum atomic E-state index is 12.6. The maximum absolute atomic E-state index is 12.6. The van der Waals surface area contributed by atoms with Crippen LogP contribution in [0.3, 0.4) is 0 Å². The predicted octanol–water partition coefficient (Wildman–Crippen LogP) is 3.59. The highest BCUT2D eigenvalue weighted by Gasteiger charge is 2.18. The molecule has 0 radical (unpaired) electrons. The number of fused-ring (bicyclic) bond motifs is 1. The SMILES string of the molecule is CCCCCNC(=O)c1cc(/C(=C/N)C(Cl)=NC)c2cccc(C#N)c2n1. The smallest absolute Gasteiger partial charge is 0.269 e. The van der Waals surface area contributed by atoms with E-state index in [2.05, 4.69) is 28.3 Å². The fraction of sp³-hybridized carbons (Fsp3) is 0.300. The molecular weight excluding hydrogens is 362 g/mol. The van der Waals surface area contributed by atoms with Gasteiger partial charge in [0.1, 0.15) is 16.9 Å². The fourth-order valence-corrected chi connectivity index (χ4v) is 2.90. The summed E-state index contributed by atoms with van der Waals surface area (Å²) in [5.74, 6) is -0.303. The highest BCUT2D eigenvalue weighted by atomic mass is 35.5. The van der Waals surface area contributed by atoms with Crippen molar-refractivity contribution in [1.82, 2.24) is 10.3 Å². The van der Waals surface area contributed by atoms with E-state index in [1.54, 1.807) is 25.2 Å². The van der Waals surface area contributed by atoms with Crippen molar-refractivity contribution in [1.29, 1.82) is 5.26 Å². The Bertz CT molecular complexity index is 943. The first-order valence-electron chi connectivity index (χ1n) is 8.74. The highest BCUT2D eigenvalue weighted by Crippen LogP contribution is 2.28. The summed E-state index contributed by atoms with van der Waals surface area (Å²) in [5, 5.41) is 13.2. The molecule has 1 aromatic carbocycles. The van der Waals surface area contributed by atoms with Crippen LogP contribution in [0.4, 0.5) is 0 Å². The molecule has 0 bridgehead atoms. The van der Waals surface area contributed by atoms with Crippen LogP contribution in [-0.2, 0) is 0 Å². The number of benzene rings is 1. The third-order valence-corrected chi connectivity index (χ3v) is 4.51. The summed E-state index contributed by atoms with van der Waals surface area (Å²) in [7, 11) is 1.55. The number of hydrogen-bond donors (Lipinski definition) is 2. The second-order valence-corrected chi connectivity index (χ2v) is 6.28. The number of nitrogens with two attached hydrogens (primary N) is 1. The molecule has 0 atom stereocenters. The van der Waals surface area contributed by atoms with Gasteiger partial charge in [0.2, 0.25) is 0 Å². The number of unbranched alkanes of at least 4 members (excludes halogenated alkanes) is 2. The number of nitriles is 1. The Labute approximate surface area is 163 Å². The minimum Gasteiger partial charge on any atom is -0.404 e. The van der Waals surface area contributed by atoms with Gasteiger partial charge in [-0.1, -0.05) is 43.5 Å². The van der Waals surface area contributed by atoms with Crippen LogP contribution >= 0.6 is 11.6 Å². The first-order valence-corrected chi connectivity index (χ1v) is 9.12. The van der Waals surface area contributed by atoms with Gasteiger partial charge in [0.15, 0.2) is 0 Å². The van der Waals surface area contributed by atoms with E-state index in [9.17, 15) is 10.1 Å². The van der Waals surface area contributed by atoms with Gasteiger partial charge in [-0.3, -0.25) is 9.79 Å². The molecule has 140 valence electrons. The number of aromatic nitrogens is 1. The molecule has 0 aliphatic rings. The molecule has 6 nitrogen and oxygen atoms in total. The summed E-state index contributed by atoms with van der Waals surface area (Å²) < 4.78 is 0. The fourth-order valence-electron chi connectivity index (χ4n) is 2.74. The normalized spacial score (nSPS) is 12.1. The van der Waals surface area contributed by atoms with Crippen molar-refractivity contribution in [2.24, 2.45) is 10.7 Å². The number of allylic oxidation sites excluding steroid dienone is 1. The summed E-state index contributed by atoms with van der Waals surface area (Å²) >= 11 is 6.21. The molecule has 3 N–H and O–H groups in total. The average molecular weight is 384 g/mol. The number of amides is 1. The lowest BCUT2D eigenvalue weighted by atomic mass is 9.99. The van der Waals surface area contributed by atoms with Gasteiger partial charge >= 0.3 is 0 Å². The van der Waals surface area contributed by atoms with E-state index in [4.69, 9.17) is 17.3 Å². The van der Waals surface area contributed by atoms with E-state index in [0.717, 1.165) is 19.3 Å². The average Bonchev–Trinajstić information content (AvgIpc) is 2.70. The van der Waals surface area contributed by atoms with Crippen LogP contribution in [0.2, 0.25) is 0 Å². The van der Waals surface area contributed by atoms with Gasteiger partial charge in [-0.2, -0.15) is 5.26 Å². The lowest BCUT2D eigenvalue weighted by Gasteiger charge is -2.12. The van der Waals surface area contributed by atoms with Crippen LogP contribution < -0.4 is 11.1 Å². The number of halogens is 1. The van der Waals surface area contributed by atoms with E-state index >= 15 is 0 Å². The Hall–Kier alpha value is -2.91. The lowest BCUT2D eigenvalue weighted by molar-refractivity contribution is 0.0948. The monoisotopic (exact) mass is 383 g/mol. The minimum absolute atomic E-state index is 0.205. The largest absolute Gasteiger partial charge is 0.404 e. The van der Waals surface area contributed by atoms with Crippen molar-refractivity contribution in [3.05, 3.63) is 47.3 Å². The molecule has 0 aliphatic heterocycles. The van der Waals surface area contributed by atoms with E-state index < -0.39 is 0 Å². The zero-order valence-electron chi connectivity index (χ0n) is 15.4. The summed E-state index contributed by atoms with van der Waals surface area (Å²) in [6.07, 6.45) is 4.34. The van der Waals surface area contributed by atoms with Gasteiger partial charge in [-0.25, -0.2) is 4.98 Å². The summed E-state index contributed by atoms with van der Waals surface area (Å²) in [6, 6.07) is 8.96. The Balaban J connectivity index is 2.60. The van der Waals surface area contributed by atoms with E-state index in [-0.39, 0.29) is 16.8 Å². The van der Waals surface area contributed by atoms with Crippen molar-refractivity contribution in [3.63, 3.8) is 0 Å². The van der Waals surface area contributed by atoms with Gasteiger partial charge in [-0.15, -0.1) is 0 Å². The molecule has 0 aliphatic carbocycles. The third kappa shape index (κ3) is 4.63. The number of nitrogens with zero attached hydrogens (tertiary/aromatic N) is 3. The topological polar surface area (TPSA) is 104 Å². The van der Waals surface area contributed by atoms with Gasteiger partial charge in [-0.05, 0) is 24.1 Å². The zero-order valence-corrected chi connectivity index (χ0v) is 16.2. The maximum Gasteiger partial charge on any atom is 0.269 e. The standard InChI is InChI=1S/C20H22ClN5O/c1-3-4-5-9-25-20(27)17-10-15(16(12-23)19(21)24-2)14-8-6-7-13(11-22)18(14)26-17/h6-8,10,12H,3-5,9,23H2,1-2H3,(H,25,27)/b16-12-,24-19?. The van der Waals surface area contributed by atoms with Crippen LogP contribution in [-0.4, -0.2) is 29.7 Å². The van der Waals surface area contributed by atoms with E-state index in [1.165, 1.54) is 6.20 Å². The highest BCUT2D eigenvalue weighted by molar-refractivity contribution is 6.76. The molecule has 2 rings (SSSR count). The quantitative estimate of drug-likeness (QED) is 0.563. The number of carbonyl (C=O) groups is 1. The molecule has 27 heavy (non-hydrogen) atoms. The Morgan fingerprint density at radius 3 is 2.85 bits per heavy atom.